The van der Waals surface area contributed by atoms with Gasteiger partial charge in [-0.1, -0.05) is 0 Å². The smallest absolute Gasteiger partial charge is 0.221 e. The zero-order chi connectivity index (χ0) is 18.4. The molecule has 1 N–H and O–H groups in total. The molecule has 1 atom stereocenters. The summed E-state index contributed by atoms with van der Waals surface area (Å²) in [5.74, 6) is 1.92. The van der Waals surface area contributed by atoms with Crippen molar-refractivity contribution in [2.75, 3.05) is 5.32 Å². The molecule has 6 heteroatoms. The minimum Gasteiger partial charge on any atom is -0.466 e. The lowest BCUT2D eigenvalue weighted by molar-refractivity contribution is -0.114. The molecule has 2 heterocycles. The summed E-state index contributed by atoms with van der Waals surface area (Å²) in [6, 6.07) is 12.0. The van der Waals surface area contributed by atoms with Gasteiger partial charge in [-0.05, 0) is 49.7 Å². The maximum atomic E-state index is 11.1. The molecule has 0 bridgehead atoms. The molecule has 2 aromatic heterocycles. The van der Waals surface area contributed by atoms with Crippen molar-refractivity contribution >= 4 is 23.4 Å². The molecule has 3 aromatic rings. The molecule has 1 aromatic carbocycles. The van der Waals surface area contributed by atoms with Crippen LogP contribution in [0.1, 0.15) is 24.9 Å². The van der Waals surface area contributed by atoms with Crippen LogP contribution in [0.5, 0.6) is 0 Å². The highest BCUT2D eigenvalue weighted by Gasteiger charge is 2.13. The number of nitrogens with one attached hydrogen (secondary N) is 1. The third kappa shape index (κ3) is 5.52. The summed E-state index contributed by atoms with van der Waals surface area (Å²) in [7, 11) is 0. The third-order valence-electron chi connectivity index (χ3n) is 3.96. The Labute approximate surface area is 157 Å². The Balaban J connectivity index is 1.65. The summed E-state index contributed by atoms with van der Waals surface area (Å²) >= 11 is 1.84. The van der Waals surface area contributed by atoms with Crippen LogP contribution in [0.3, 0.4) is 0 Å². The van der Waals surface area contributed by atoms with Crippen molar-refractivity contribution < 1.29 is 9.21 Å². The molecule has 1 amide bonds. The first-order chi connectivity index (χ1) is 12.6. The fourth-order valence-electron chi connectivity index (χ4n) is 2.75. The normalized spacial score (nSPS) is 12.1. The Morgan fingerprint density at radius 3 is 2.69 bits per heavy atom. The van der Waals surface area contributed by atoms with E-state index in [1.54, 1.807) is 6.20 Å². The maximum absolute atomic E-state index is 11.1. The molecular weight excluding hydrogens is 346 g/mol. The van der Waals surface area contributed by atoms with Crippen molar-refractivity contribution in [2.45, 2.75) is 43.4 Å². The summed E-state index contributed by atoms with van der Waals surface area (Å²) in [4.78, 5) is 16.5. The van der Waals surface area contributed by atoms with E-state index in [0.717, 1.165) is 36.6 Å². The number of thioether (sulfide) groups is 1. The third-order valence-corrected chi connectivity index (χ3v) is 5.22. The number of rotatable bonds is 8. The molecule has 0 aliphatic rings. The molecule has 3 rings (SSSR count). The predicted octanol–water partition coefficient (Wildman–Crippen LogP) is 4.54. The first-order valence-corrected chi connectivity index (χ1v) is 9.52. The van der Waals surface area contributed by atoms with Gasteiger partial charge >= 0.3 is 0 Å². The number of hydrogen-bond acceptors (Lipinski definition) is 4. The Morgan fingerprint density at radius 1 is 1.27 bits per heavy atom. The number of carbonyl (C=O) groups excluding carboxylic acids is 1. The van der Waals surface area contributed by atoms with Crippen LogP contribution in [0.2, 0.25) is 0 Å². The Kier molecular flexibility index (Phi) is 6.17. The standard InChI is InChI=1S/C20H23N3O2S/c1-15-3-6-18(25-15)7-10-20(13-23-12-11-21-14-23)26-19-8-4-17(5-9-19)22-16(2)24/h3-6,8-9,11-12,14,20H,7,10,13H2,1-2H3,(H,22,24). The van der Waals surface area contributed by atoms with Gasteiger partial charge in [0.25, 0.3) is 0 Å². The van der Waals surface area contributed by atoms with Gasteiger partial charge in [0.15, 0.2) is 0 Å². The Hall–Kier alpha value is -2.47. The number of benzene rings is 1. The van der Waals surface area contributed by atoms with Crippen LogP contribution in [0.25, 0.3) is 0 Å². The fraction of sp³-hybridized carbons (Fsp3) is 0.300. The summed E-state index contributed by atoms with van der Waals surface area (Å²) in [5.41, 5.74) is 0.819. The minimum absolute atomic E-state index is 0.0582. The lowest BCUT2D eigenvalue weighted by atomic mass is 10.2. The molecule has 136 valence electrons. The van der Waals surface area contributed by atoms with Crippen LogP contribution in [-0.4, -0.2) is 20.7 Å². The summed E-state index contributed by atoms with van der Waals surface area (Å²) in [6.07, 6.45) is 7.56. The van der Waals surface area contributed by atoms with Crippen molar-refractivity contribution in [3.05, 3.63) is 66.6 Å². The van der Waals surface area contributed by atoms with E-state index in [1.807, 2.05) is 61.5 Å². The highest BCUT2D eigenvalue weighted by Crippen LogP contribution is 2.29. The van der Waals surface area contributed by atoms with Gasteiger partial charge in [0, 0.05) is 48.1 Å². The first kappa shape index (κ1) is 18.3. The lowest BCUT2D eigenvalue weighted by Gasteiger charge is -2.17. The highest BCUT2D eigenvalue weighted by molar-refractivity contribution is 8.00. The average molecular weight is 369 g/mol. The van der Waals surface area contributed by atoms with Gasteiger partial charge in [-0.2, -0.15) is 0 Å². The van der Waals surface area contributed by atoms with Gasteiger partial charge in [0.05, 0.1) is 6.33 Å². The number of furan rings is 1. The number of anilines is 1. The number of nitrogens with zero attached hydrogens (tertiary/aromatic N) is 2. The van der Waals surface area contributed by atoms with E-state index in [2.05, 4.69) is 20.9 Å². The zero-order valence-corrected chi connectivity index (χ0v) is 15.8. The second-order valence-electron chi connectivity index (χ2n) is 6.26. The molecule has 0 aliphatic carbocycles. The second kappa shape index (κ2) is 8.76. The second-order valence-corrected chi connectivity index (χ2v) is 7.63. The minimum atomic E-state index is -0.0582. The zero-order valence-electron chi connectivity index (χ0n) is 15.0. The molecule has 0 radical (unpaired) electrons. The van der Waals surface area contributed by atoms with Crippen LogP contribution >= 0.6 is 11.8 Å². The van der Waals surface area contributed by atoms with Crippen molar-refractivity contribution in [3.8, 4) is 0 Å². The predicted molar refractivity (Wildman–Crippen MR) is 104 cm³/mol. The molecule has 0 fully saturated rings. The van der Waals surface area contributed by atoms with Gasteiger partial charge in [-0.15, -0.1) is 11.8 Å². The van der Waals surface area contributed by atoms with Gasteiger partial charge in [-0.25, -0.2) is 4.98 Å². The molecule has 1 unspecified atom stereocenters. The molecule has 0 aliphatic heterocycles. The van der Waals surface area contributed by atoms with E-state index in [-0.39, 0.29) is 5.91 Å². The highest BCUT2D eigenvalue weighted by atomic mass is 32.2. The van der Waals surface area contributed by atoms with Gasteiger partial charge in [0.1, 0.15) is 11.5 Å². The number of hydrogen-bond donors (Lipinski definition) is 1. The van der Waals surface area contributed by atoms with Crippen LogP contribution in [0.4, 0.5) is 5.69 Å². The number of aryl methyl sites for hydroxylation is 2. The molecule has 0 saturated carbocycles. The maximum Gasteiger partial charge on any atom is 0.221 e. The van der Waals surface area contributed by atoms with Crippen molar-refractivity contribution in [1.29, 1.82) is 0 Å². The number of carbonyl (C=O) groups is 1. The molecule has 5 nitrogen and oxygen atoms in total. The number of imidazole rings is 1. The van der Waals surface area contributed by atoms with Crippen molar-refractivity contribution in [1.82, 2.24) is 9.55 Å². The van der Waals surface area contributed by atoms with Gasteiger partial charge in [-0.3, -0.25) is 4.79 Å². The molecular formula is C20H23N3O2S. The van der Waals surface area contributed by atoms with Crippen molar-refractivity contribution in [2.24, 2.45) is 0 Å². The van der Waals surface area contributed by atoms with Crippen LogP contribution in [0.15, 0.2) is 64.4 Å². The van der Waals surface area contributed by atoms with Crippen LogP contribution in [-0.2, 0) is 17.8 Å². The number of aromatic nitrogens is 2. The first-order valence-electron chi connectivity index (χ1n) is 8.64. The Morgan fingerprint density at radius 2 is 2.08 bits per heavy atom. The largest absolute Gasteiger partial charge is 0.466 e. The van der Waals surface area contributed by atoms with E-state index < -0.39 is 0 Å². The summed E-state index contributed by atoms with van der Waals surface area (Å²) in [5, 5.41) is 3.19. The van der Waals surface area contributed by atoms with Crippen molar-refractivity contribution in [3.63, 3.8) is 0 Å². The van der Waals surface area contributed by atoms with Gasteiger partial charge in [0.2, 0.25) is 5.91 Å². The van der Waals surface area contributed by atoms with E-state index in [9.17, 15) is 4.79 Å². The van der Waals surface area contributed by atoms with E-state index in [1.165, 1.54) is 11.8 Å². The molecule has 26 heavy (non-hydrogen) atoms. The van der Waals surface area contributed by atoms with Crippen LogP contribution < -0.4 is 5.32 Å². The SMILES string of the molecule is CC(=O)Nc1ccc(SC(CCc2ccc(C)o2)Cn2ccnc2)cc1. The summed E-state index contributed by atoms with van der Waals surface area (Å²) < 4.78 is 7.81. The molecule has 0 spiro atoms. The Bertz CT molecular complexity index is 825. The quantitative estimate of drug-likeness (QED) is 0.592. The van der Waals surface area contributed by atoms with E-state index in [0.29, 0.717) is 5.25 Å². The van der Waals surface area contributed by atoms with Gasteiger partial charge < -0.3 is 14.3 Å². The topological polar surface area (TPSA) is 60.1 Å². The van der Waals surface area contributed by atoms with E-state index in [4.69, 9.17) is 4.42 Å². The molecule has 0 saturated heterocycles. The fourth-order valence-corrected chi connectivity index (χ4v) is 3.91. The summed E-state index contributed by atoms with van der Waals surface area (Å²) in [6.45, 7) is 4.37. The van der Waals surface area contributed by atoms with E-state index >= 15 is 0 Å². The number of amides is 1. The monoisotopic (exact) mass is 369 g/mol. The van der Waals surface area contributed by atoms with Crippen LogP contribution in [0, 0.1) is 6.92 Å². The lowest BCUT2D eigenvalue weighted by Crippen LogP contribution is -2.13. The average Bonchev–Trinajstić information content (AvgIpc) is 3.25.